The third-order valence-corrected chi connectivity index (χ3v) is 3.24. The van der Waals surface area contributed by atoms with Crippen LogP contribution in [0.1, 0.15) is 33.6 Å². The van der Waals surface area contributed by atoms with Crippen molar-refractivity contribution in [1.82, 2.24) is 10.2 Å². The van der Waals surface area contributed by atoms with Gasteiger partial charge < -0.3 is 10.2 Å². The van der Waals surface area contributed by atoms with Gasteiger partial charge in [-0.1, -0.05) is 13.8 Å². The van der Waals surface area contributed by atoms with Crippen molar-refractivity contribution in [2.24, 2.45) is 0 Å². The van der Waals surface area contributed by atoms with Crippen molar-refractivity contribution in [1.29, 1.82) is 0 Å². The van der Waals surface area contributed by atoms with Crippen molar-refractivity contribution in [3.63, 3.8) is 0 Å². The topological polar surface area (TPSA) is 15.3 Å². The van der Waals surface area contributed by atoms with Crippen molar-refractivity contribution >= 4 is 0 Å². The molecule has 1 fully saturated rings. The zero-order valence-corrected chi connectivity index (χ0v) is 8.85. The molecule has 0 aliphatic carbocycles. The van der Waals surface area contributed by atoms with Gasteiger partial charge in [-0.15, -0.1) is 0 Å². The van der Waals surface area contributed by atoms with E-state index in [4.69, 9.17) is 0 Å². The molecule has 1 N–H and O–H groups in total. The molecule has 1 rings (SSSR count). The van der Waals surface area contributed by atoms with Gasteiger partial charge in [-0.3, -0.25) is 0 Å². The Balaban J connectivity index is 2.51. The highest BCUT2D eigenvalue weighted by atomic mass is 15.2. The highest BCUT2D eigenvalue weighted by Crippen LogP contribution is 2.18. The lowest BCUT2D eigenvalue weighted by molar-refractivity contribution is 0.107. The summed E-state index contributed by atoms with van der Waals surface area (Å²) in [5.74, 6) is 0. The summed E-state index contributed by atoms with van der Waals surface area (Å²) < 4.78 is 0. The molecule has 12 heavy (non-hydrogen) atoms. The molecule has 0 aromatic rings. The summed E-state index contributed by atoms with van der Waals surface area (Å²) in [4.78, 5) is 2.49. The van der Waals surface area contributed by atoms with Gasteiger partial charge in [-0.25, -0.2) is 0 Å². The van der Waals surface area contributed by atoms with Gasteiger partial charge in [0.05, 0.1) is 0 Å². The minimum absolute atomic E-state index is 0.348. The number of nitrogens with zero attached hydrogens (tertiary/aromatic N) is 1. The second-order valence-corrected chi connectivity index (χ2v) is 4.27. The molecule has 0 aromatic carbocycles. The monoisotopic (exact) mass is 170 g/mol. The van der Waals surface area contributed by atoms with Crippen LogP contribution in [0.3, 0.4) is 0 Å². The maximum atomic E-state index is 3.63. The predicted octanol–water partition coefficient (Wildman–Crippen LogP) is 1.47. The van der Waals surface area contributed by atoms with Crippen LogP contribution in [-0.2, 0) is 0 Å². The summed E-state index contributed by atoms with van der Waals surface area (Å²) in [6, 6.07) is 0.740. The van der Waals surface area contributed by atoms with Gasteiger partial charge in [-0.2, -0.15) is 0 Å². The van der Waals surface area contributed by atoms with Gasteiger partial charge in [0.1, 0.15) is 0 Å². The molecular weight excluding hydrogens is 148 g/mol. The SMILES string of the molecule is CCC1CNC(C)(CC)CN1C. The molecule has 2 nitrogen and oxygen atoms in total. The molecule has 1 aliphatic heterocycles. The first-order valence-electron chi connectivity index (χ1n) is 5.06. The molecule has 2 heteroatoms. The molecule has 0 spiro atoms. The van der Waals surface area contributed by atoms with E-state index < -0.39 is 0 Å². The Morgan fingerprint density at radius 2 is 2.17 bits per heavy atom. The smallest absolute Gasteiger partial charge is 0.0278 e. The summed E-state index contributed by atoms with van der Waals surface area (Å²) in [6.07, 6.45) is 2.47. The van der Waals surface area contributed by atoms with Crippen LogP contribution in [0.25, 0.3) is 0 Å². The summed E-state index contributed by atoms with van der Waals surface area (Å²) in [7, 11) is 2.24. The third-order valence-electron chi connectivity index (χ3n) is 3.24. The van der Waals surface area contributed by atoms with E-state index in [0.29, 0.717) is 5.54 Å². The second-order valence-electron chi connectivity index (χ2n) is 4.27. The standard InChI is InChI=1S/C10H22N2/c1-5-9-7-11-10(3,6-2)8-12(9)4/h9,11H,5-8H2,1-4H3. The molecule has 0 aromatic heterocycles. The molecule has 0 bridgehead atoms. The van der Waals surface area contributed by atoms with Crippen LogP contribution in [0.2, 0.25) is 0 Å². The van der Waals surface area contributed by atoms with Gasteiger partial charge in [0.2, 0.25) is 0 Å². The fourth-order valence-corrected chi connectivity index (χ4v) is 1.95. The fraction of sp³-hybridized carbons (Fsp3) is 1.00. The molecule has 1 aliphatic rings. The van der Waals surface area contributed by atoms with Crippen LogP contribution in [-0.4, -0.2) is 36.6 Å². The zero-order chi connectivity index (χ0) is 9.19. The molecule has 1 saturated heterocycles. The van der Waals surface area contributed by atoms with E-state index in [9.17, 15) is 0 Å². The third kappa shape index (κ3) is 1.99. The minimum atomic E-state index is 0.348. The molecule has 72 valence electrons. The van der Waals surface area contributed by atoms with Crippen LogP contribution >= 0.6 is 0 Å². The lowest BCUT2D eigenvalue weighted by Crippen LogP contribution is -2.61. The Bertz CT molecular complexity index is 147. The number of likely N-dealkylation sites (N-methyl/N-ethyl adjacent to an activating group) is 1. The van der Waals surface area contributed by atoms with Crippen LogP contribution in [0.5, 0.6) is 0 Å². The van der Waals surface area contributed by atoms with E-state index >= 15 is 0 Å². The number of piperazine rings is 1. The first-order chi connectivity index (χ1) is 5.61. The summed E-state index contributed by atoms with van der Waals surface area (Å²) in [6.45, 7) is 9.17. The van der Waals surface area contributed by atoms with Crippen molar-refractivity contribution in [3.05, 3.63) is 0 Å². The van der Waals surface area contributed by atoms with E-state index in [1.54, 1.807) is 0 Å². The van der Waals surface area contributed by atoms with Crippen molar-refractivity contribution in [2.45, 2.75) is 45.2 Å². The number of hydrogen-bond donors (Lipinski definition) is 1. The molecule has 2 atom stereocenters. The lowest BCUT2D eigenvalue weighted by Gasteiger charge is -2.44. The molecule has 0 amide bonds. The maximum absolute atomic E-state index is 3.63. The molecule has 2 unspecified atom stereocenters. The molecule has 0 radical (unpaired) electrons. The van der Waals surface area contributed by atoms with Crippen molar-refractivity contribution in [2.75, 3.05) is 20.1 Å². The predicted molar refractivity (Wildman–Crippen MR) is 53.4 cm³/mol. The second kappa shape index (κ2) is 3.75. The minimum Gasteiger partial charge on any atom is -0.309 e. The summed E-state index contributed by atoms with van der Waals surface area (Å²) in [5.41, 5.74) is 0.348. The Kier molecular flexibility index (Phi) is 3.13. The summed E-state index contributed by atoms with van der Waals surface area (Å²) >= 11 is 0. The van der Waals surface area contributed by atoms with Gasteiger partial charge in [0.25, 0.3) is 0 Å². The quantitative estimate of drug-likeness (QED) is 0.675. The normalized spacial score (nSPS) is 38.5. The number of hydrogen-bond acceptors (Lipinski definition) is 2. The first-order valence-corrected chi connectivity index (χ1v) is 5.06. The molecular formula is C10H22N2. The largest absolute Gasteiger partial charge is 0.309 e. The van der Waals surface area contributed by atoms with E-state index in [2.05, 4.69) is 38.0 Å². The first kappa shape index (κ1) is 10.0. The van der Waals surface area contributed by atoms with Gasteiger partial charge in [0, 0.05) is 24.7 Å². The van der Waals surface area contributed by atoms with Crippen LogP contribution in [0, 0.1) is 0 Å². The highest BCUT2D eigenvalue weighted by molar-refractivity contribution is 4.92. The highest BCUT2D eigenvalue weighted by Gasteiger charge is 2.31. The summed E-state index contributed by atoms with van der Waals surface area (Å²) in [5, 5.41) is 3.63. The zero-order valence-electron chi connectivity index (χ0n) is 8.85. The van der Waals surface area contributed by atoms with Gasteiger partial charge in [-0.05, 0) is 26.8 Å². The van der Waals surface area contributed by atoms with Crippen LogP contribution in [0.4, 0.5) is 0 Å². The Morgan fingerprint density at radius 1 is 1.50 bits per heavy atom. The van der Waals surface area contributed by atoms with E-state index in [-0.39, 0.29) is 0 Å². The fourth-order valence-electron chi connectivity index (χ4n) is 1.95. The van der Waals surface area contributed by atoms with E-state index in [1.807, 2.05) is 0 Å². The Hall–Kier alpha value is -0.0800. The van der Waals surface area contributed by atoms with Crippen molar-refractivity contribution < 1.29 is 0 Å². The number of nitrogens with one attached hydrogen (secondary N) is 1. The van der Waals surface area contributed by atoms with Gasteiger partial charge >= 0.3 is 0 Å². The Labute approximate surface area is 76.3 Å². The average Bonchev–Trinajstić information content (AvgIpc) is 2.05. The maximum Gasteiger partial charge on any atom is 0.0278 e. The van der Waals surface area contributed by atoms with Crippen LogP contribution in [0.15, 0.2) is 0 Å². The van der Waals surface area contributed by atoms with Crippen molar-refractivity contribution in [3.8, 4) is 0 Å². The Morgan fingerprint density at radius 3 is 2.58 bits per heavy atom. The average molecular weight is 170 g/mol. The number of rotatable bonds is 2. The van der Waals surface area contributed by atoms with Gasteiger partial charge in [0.15, 0.2) is 0 Å². The molecule has 1 heterocycles. The molecule has 0 saturated carbocycles. The lowest BCUT2D eigenvalue weighted by atomic mass is 9.93. The van der Waals surface area contributed by atoms with E-state index in [0.717, 1.165) is 12.6 Å². The van der Waals surface area contributed by atoms with E-state index in [1.165, 1.54) is 19.4 Å². The van der Waals surface area contributed by atoms with Crippen LogP contribution < -0.4 is 5.32 Å².